The highest BCUT2D eigenvalue weighted by Gasteiger charge is 2.19. The fourth-order valence-corrected chi connectivity index (χ4v) is 11.0. The van der Waals surface area contributed by atoms with Gasteiger partial charge >= 0.3 is 0 Å². The summed E-state index contributed by atoms with van der Waals surface area (Å²) in [4.78, 5) is 15.5. The maximum Gasteiger partial charge on any atom is 0.164 e. The van der Waals surface area contributed by atoms with Gasteiger partial charge in [-0.3, -0.25) is 0 Å². The molecule has 0 atom stereocenters. The Kier molecular flexibility index (Phi) is 6.97. The molecule has 0 saturated heterocycles. The van der Waals surface area contributed by atoms with E-state index in [9.17, 15) is 0 Å². The van der Waals surface area contributed by atoms with Crippen LogP contribution < -0.4 is 0 Å². The van der Waals surface area contributed by atoms with Gasteiger partial charge in [0.15, 0.2) is 17.5 Å². The van der Waals surface area contributed by atoms with E-state index in [0.717, 1.165) is 16.7 Å². The summed E-state index contributed by atoms with van der Waals surface area (Å²) in [6.07, 6.45) is 0. The minimum atomic E-state index is 0.664. The Morgan fingerprint density at radius 2 is 0.839 bits per heavy atom. The van der Waals surface area contributed by atoms with Gasteiger partial charge in [-0.2, -0.15) is 0 Å². The van der Waals surface area contributed by atoms with Gasteiger partial charge < -0.3 is 0 Å². The summed E-state index contributed by atoms with van der Waals surface area (Å²) in [5.41, 5.74) is 5.42. The fraction of sp³-hybridized carbons (Fsp3) is 0. The molecule has 12 aromatic rings. The van der Waals surface area contributed by atoms with E-state index in [-0.39, 0.29) is 0 Å². The average Bonchev–Trinajstić information content (AvgIpc) is 3.85. The molecule has 0 aliphatic heterocycles. The lowest BCUT2D eigenvalue weighted by Crippen LogP contribution is -2.00. The highest BCUT2D eigenvalue weighted by molar-refractivity contribution is 7.26. The molecule has 260 valence electrons. The zero-order valence-electron chi connectivity index (χ0n) is 29.9. The Balaban J connectivity index is 1.03. The second-order valence-corrected chi connectivity index (χ2v) is 16.4. The SMILES string of the molecule is c1ccc(-c2nc(-c3ccc4c(c3)sc3c(-c5ccc6c7ccccc7c7ccccc7c6c5)cccc34)nc(-c3cccc4sc5ccccc5c34)n2)cc1. The molecule has 0 fully saturated rings. The molecule has 3 heterocycles. The van der Waals surface area contributed by atoms with Crippen molar-refractivity contribution in [2.45, 2.75) is 0 Å². The van der Waals surface area contributed by atoms with E-state index in [2.05, 4.69) is 158 Å². The summed E-state index contributed by atoms with van der Waals surface area (Å²) in [5, 5.41) is 12.6. The Labute approximate surface area is 329 Å². The van der Waals surface area contributed by atoms with Crippen LogP contribution in [0.4, 0.5) is 0 Å². The zero-order valence-corrected chi connectivity index (χ0v) is 31.5. The van der Waals surface area contributed by atoms with Crippen LogP contribution in [0.1, 0.15) is 0 Å². The molecule has 3 nitrogen and oxygen atoms in total. The van der Waals surface area contributed by atoms with Crippen molar-refractivity contribution in [1.82, 2.24) is 15.0 Å². The normalized spacial score (nSPS) is 11.9. The number of nitrogens with zero attached hydrogens (tertiary/aromatic N) is 3. The minimum absolute atomic E-state index is 0.664. The smallest absolute Gasteiger partial charge is 0.164 e. The summed E-state index contributed by atoms with van der Waals surface area (Å²) < 4.78 is 4.97. The molecule has 9 aromatic carbocycles. The van der Waals surface area contributed by atoms with Crippen molar-refractivity contribution in [1.29, 1.82) is 0 Å². The van der Waals surface area contributed by atoms with Gasteiger partial charge in [0, 0.05) is 57.0 Å². The van der Waals surface area contributed by atoms with Crippen molar-refractivity contribution < 1.29 is 0 Å². The number of aromatic nitrogens is 3. The Morgan fingerprint density at radius 1 is 0.286 bits per heavy atom. The van der Waals surface area contributed by atoms with Gasteiger partial charge in [0.2, 0.25) is 0 Å². The lowest BCUT2D eigenvalue weighted by Gasteiger charge is -2.12. The standard InChI is InChI=1S/C51H29N3S2/c1-2-12-30(13-3-1)49-52-50(54-51(53-49)42-21-11-23-45-47(42)41-18-8-9-22-44(41)55-45)32-25-27-39-40-20-10-19-33(48(40)56-46(39)29-32)31-24-26-38-36-16-5-4-14-34(36)35-15-6-7-17-37(35)43(38)28-31/h1-29H. The summed E-state index contributed by atoms with van der Waals surface area (Å²) in [6.45, 7) is 0. The van der Waals surface area contributed by atoms with Gasteiger partial charge in [-0.15, -0.1) is 22.7 Å². The molecule has 0 unspecified atom stereocenters. The van der Waals surface area contributed by atoms with Crippen molar-refractivity contribution in [2.24, 2.45) is 0 Å². The van der Waals surface area contributed by atoms with E-state index in [0.29, 0.717) is 17.5 Å². The molecule has 0 saturated carbocycles. The van der Waals surface area contributed by atoms with Crippen LogP contribution >= 0.6 is 22.7 Å². The molecule has 56 heavy (non-hydrogen) atoms. The van der Waals surface area contributed by atoms with Crippen molar-refractivity contribution in [3.63, 3.8) is 0 Å². The Bertz CT molecular complexity index is 3510. The van der Waals surface area contributed by atoms with E-state index < -0.39 is 0 Å². The average molecular weight is 748 g/mol. The first-order valence-corrected chi connectivity index (χ1v) is 20.4. The predicted octanol–water partition coefficient (Wildman–Crippen LogP) is 14.7. The van der Waals surface area contributed by atoms with Gasteiger partial charge in [-0.25, -0.2) is 15.0 Å². The molecule has 0 aliphatic carbocycles. The van der Waals surface area contributed by atoms with Crippen LogP contribution in [0.15, 0.2) is 176 Å². The van der Waals surface area contributed by atoms with Gasteiger partial charge in [0.1, 0.15) is 0 Å². The first kappa shape index (κ1) is 31.5. The summed E-state index contributed by atoms with van der Waals surface area (Å²) in [5.74, 6) is 2.01. The van der Waals surface area contributed by atoms with Crippen molar-refractivity contribution in [2.75, 3.05) is 0 Å². The monoisotopic (exact) mass is 747 g/mol. The number of thiophene rings is 2. The van der Waals surface area contributed by atoms with E-state index in [1.54, 1.807) is 11.3 Å². The lowest BCUT2D eigenvalue weighted by atomic mass is 9.92. The van der Waals surface area contributed by atoms with Crippen LogP contribution in [0.3, 0.4) is 0 Å². The number of rotatable bonds is 4. The third-order valence-electron chi connectivity index (χ3n) is 11.1. The maximum atomic E-state index is 5.22. The van der Waals surface area contributed by atoms with Crippen molar-refractivity contribution in [3.8, 4) is 45.3 Å². The van der Waals surface area contributed by atoms with E-state index in [4.69, 9.17) is 15.0 Å². The van der Waals surface area contributed by atoms with E-state index >= 15 is 0 Å². The predicted molar refractivity (Wildman–Crippen MR) is 240 cm³/mol. The zero-order chi connectivity index (χ0) is 36.7. The largest absolute Gasteiger partial charge is 0.208 e. The molecule has 0 radical (unpaired) electrons. The van der Waals surface area contributed by atoms with Crippen LogP contribution in [-0.4, -0.2) is 15.0 Å². The van der Waals surface area contributed by atoms with Crippen molar-refractivity contribution in [3.05, 3.63) is 176 Å². The van der Waals surface area contributed by atoms with Crippen LogP contribution in [0.5, 0.6) is 0 Å². The molecule has 0 aliphatic rings. The Hall–Kier alpha value is -6.79. The van der Waals surface area contributed by atoms with Crippen LogP contribution in [0, 0.1) is 0 Å². The van der Waals surface area contributed by atoms with Crippen LogP contribution in [-0.2, 0) is 0 Å². The lowest BCUT2D eigenvalue weighted by molar-refractivity contribution is 1.08. The Morgan fingerprint density at radius 3 is 1.62 bits per heavy atom. The number of benzene rings is 9. The quantitative estimate of drug-likeness (QED) is 0.168. The highest BCUT2D eigenvalue weighted by Crippen LogP contribution is 2.44. The third-order valence-corrected chi connectivity index (χ3v) is 13.5. The molecular formula is C51H29N3S2. The maximum absolute atomic E-state index is 5.22. The van der Waals surface area contributed by atoms with Crippen LogP contribution in [0.25, 0.3) is 118 Å². The molecule has 12 rings (SSSR count). The molecule has 0 amide bonds. The molecule has 0 spiro atoms. The summed E-state index contributed by atoms with van der Waals surface area (Å²) in [7, 11) is 0. The molecule has 3 aromatic heterocycles. The summed E-state index contributed by atoms with van der Waals surface area (Å²) in [6, 6.07) is 63.2. The van der Waals surface area contributed by atoms with E-state index in [1.165, 1.54) is 83.8 Å². The first-order chi connectivity index (χ1) is 27.7. The number of fused-ring (bicyclic) bond motifs is 12. The van der Waals surface area contributed by atoms with Gasteiger partial charge in [-0.1, -0.05) is 152 Å². The molecular weight excluding hydrogens is 719 g/mol. The second-order valence-electron chi connectivity index (χ2n) is 14.3. The van der Waals surface area contributed by atoms with Gasteiger partial charge in [-0.05, 0) is 67.7 Å². The molecule has 5 heteroatoms. The van der Waals surface area contributed by atoms with Crippen molar-refractivity contribution >= 4 is 95.3 Å². The highest BCUT2D eigenvalue weighted by atomic mass is 32.1. The third kappa shape index (κ3) is 4.85. The topological polar surface area (TPSA) is 38.7 Å². The number of hydrogen-bond donors (Lipinski definition) is 0. The first-order valence-electron chi connectivity index (χ1n) is 18.8. The van der Waals surface area contributed by atoms with Crippen LogP contribution in [0.2, 0.25) is 0 Å². The van der Waals surface area contributed by atoms with Gasteiger partial charge in [0.25, 0.3) is 0 Å². The van der Waals surface area contributed by atoms with Gasteiger partial charge in [0.05, 0.1) is 0 Å². The number of hydrogen-bond acceptors (Lipinski definition) is 5. The summed E-state index contributed by atoms with van der Waals surface area (Å²) >= 11 is 3.65. The van der Waals surface area contributed by atoms with E-state index in [1.807, 2.05) is 29.5 Å². The second kappa shape index (κ2) is 12.4. The minimum Gasteiger partial charge on any atom is -0.208 e. The molecule has 0 N–H and O–H groups in total. The fourth-order valence-electron chi connectivity index (χ4n) is 8.54. The molecule has 0 bridgehead atoms.